The van der Waals surface area contributed by atoms with Gasteiger partial charge < -0.3 is 14.9 Å². The minimum Gasteiger partial charge on any atom is -0.396 e. The Kier molecular flexibility index (Phi) is 4.74. The maximum atomic E-state index is 11.9. The molecule has 2 unspecified atom stereocenters. The molecule has 1 aliphatic rings. The number of aliphatic hydroxyl groups excluding tert-OH is 1. The zero-order chi connectivity index (χ0) is 12.3. The first-order valence-electron chi connectivity index (χ1n) is 6.00. The topological polar surface area (TPSA) is 43.8 Å². The minimum absolute atomic E-state index is 0.120. The van der Waals surface area contributed by atoms with Crippen molar-refractivity contribution in [3.8, 4) is 0 Å². The Hall–Kier alpha value is -0.610. The number of aliphatic hydroxyl groups is 1. The van der Waals surface area contributed by atoms with Crippen molar-refractivity contribution in [2.24, 2.45) is 11.8 Å². The zero-order valence-electron chi connectivity index (χ0n) is 10.8. The molecule has 0 bridgehead atoms. The SMILES string of the molecule is CC(C)C(CN(C)C)N1CC(CO)CC1=O. The number of amides is 1. The molecule has 0 aromatic heterocycles. The van der Waals surface area contributed by atoms with Gasteiger partial charge in [0.25, 0.3) is 0 Å². The van der Waals surface area contributed by atoms with Crippen LogP contribution in [0.5, 0.6) is 0 Å². The van der Waals surface area contributed by atoms with Gasteiger partial charge in [-0.05, 0) is 20.0 Å². The standard InChI is InChI=1S/C12H24N2O2/c1-9(2)11(7-13(3)4)14-6-10(8-15)5-12(14)16/h9-11,15H,5-8H2,1-4H3. The number of hydrogen-bond acceptors (Lipinski definition) is 3. The van der Waals surface area contributed by atoms with Crippen LogP contribution in [0.2, 0.25) is 0 Å². The average Bonchev–Trinajstić information content (AvgIpc) is 2.55. The summed E-state index contributed by atoms with van der Waals surface area (Å²) in [7, 11) is 4.05. The third kappa shape index (κ3) is 3.19. The van der Waals surface area contributed by atoms with Crippen LogP contribution in [0, 0.1) is 11.8 Å². The van der Waals surface area contributed by atoms with Crippen LogP contribution in [0.25, 0.3) is 0 Å². The molecule has 16 heavy (non-hydrogen) atoms. The van der Waals surface area contributed by atoms with Crippen LogP contribution in [0.15, 0.2) is 0 Å². The molecule has 0 aromatic rings. The molecule has 0 radical (unpaired) electrons. The molecule has 0 aliphatic carbocycles. The first-order chi connectivity index (χ1) is 7.45. The molecule has 1 heterocycles. The van der Waals surface area contributed by atoms with E-state index in [9.17, 15) is 4.79 Å². The monoisotopic (exact) mass is 228 g/mol. The molecule has 4 nitrogen and oxygen atoms in total. The van der Waals surface area contributed by atoms with Crippen molar-refractivity contribution >= 4 is 5.91 Å². The summed E-state index contributed by atoms with van der Waals surface area (Å²) in [5.41, 5.74) is 0. The molecule has 1 saturated heterocycles. The second-order valence-electron chi connectivity index (χ2n) is 5.37. The van der Waals surface area contributed by atoms with Crippen LogP contribution in [-0.4, -0.2) is 60.6 Å². The van der Waals surface area contributed by atoms with E-state index in [1.807, 2.05) is 19.0 Å². The molecule has 1 aliphatic heterocycles. The van der Waals surface area contributed by atoms with Gasteiger partial charge in [0.2, 0.25) is 5.91 Å². The van der Waals surface area contributed by atoms with Crippen LogP contribution < -0.4 is 0 Å². The quantitative estimate of drug-likeness (QED) is 0.741. The molecule has 2 atom stereocenters. The lowest BCUT2D eigenvalue weighted by Gasteiger charge is -2.33. The van der Waals surface area contributed by atoms with Crippen molar-refractivity contribution in [2.45, 2.75) is 26.3 Å². The third-order valence-corrected chi connectivity index (χ3v) is 3.22. The van der Waals surface area contributed by atoms with Gasteiger partial charge in [-0.3, -0.25) is 4.79 Å². The van der Waals surface area contributed by atoms with E-state index in [1.165, 1.54) is 0 Å². The normalized spacial score (nSPS) is 23.6. The van der Waals surface area contributed by atoms with Crippen molar-refractivity contribution in [3.05, 3.63) is 0 Å². The third-order valence-electron chi connectivity index (χ3n) is 3.22. The largest absolute Gasteiger partial charge is 0.396 e. The van der Waals surface area contributed by atoms with Crippen molar-refractivity contribution in [1.29, 1.82) is 0 Å². The Morgan fingerprint density at radius 2 is 2.12 bits per heavy atom. The molecule has 0 spiro atoms. The van der Waals surface area contributed by atoms with Crippen molar-refractivity contribution in [2.75, 3.05) is 33.8 Å². The number of nitrogens with zero attached hydrogens (tertiary/aromatic N) is 2. The Morgan fingerprint density at radius 3 is 2.50 bits per heavy atom. The highest BCUT2D eigenvalue weighted by molar-refractivity contribution is 5.79. The fraction of sp³-hybridized carbons (Fsp3) is 0.917. The number of carbonyl (C=O) groups is 1. The molecule has 1 N–H and O–H groups in total. The highest BCUT2D eigenvalue weighted by Gasteiger charge is 2.35. The van der Waals surface area contributed by atoms with Crippen molar-refractivity contribution < 1.29 is 9.90 Å². The molecule has 0 aromatic carbocycles. The highest BCUT2D eigenvalue weighted by atomic mass is 16.3. The predicted molar refractivity (Wildman–Crippen MR) is 64.1 cm³/mol. The number of likely N-dealkylation sites (tertiary alicyclic amines) is 1. The first-order valence-corrected chi connectivity index (χ1v) is 6.00. The van der Waals surface area contributed by atoms with Crippen molar-refractivity contribution in [3.63, 3.8) is 0 Å². The molecule has 1 rings (SSSR count). The lowest BCUT2D eigenvalue weighted by atomic mass is 10.0. The van der Waals surface area contributed by atoms with E-state index in [2.05, 4.69) is 18.7 Å². The van der Waals surface area contributed by atoms with Crippen LogP contribution in [0.3, 0.4) is 0 Å². The minimum atomic E-state index is 0.120. The lowest BCUT2D eigenvalue weighted by Crippen LogP contribution is -2.46. The average molecular weight is 228 g/mol. The van der Waals surface area contributed by atoms with E-state index in [1.54, 1.807) is 0 Å². The molecule has 1 amide bonds. The van der Waals surface area contributed by atoms with Gasteiger partial charge in [0.1, 0.15) is 0 Å². The fourth-order valence-corrected chi connectivity index (χ4v) is 2.29. The van der Waals surface area contributed by atoms with Crippen LogP contribution in [0.1, 0.15) is 20.3 Å². The summed E-state index contributed by atoms with van der Waals surface area (Å²) in [6.07, 6.45) is 0.507. The van der Waals surface area contributed by atoms with E-state index in [0.717, 1.165) is 6.54 Å². The summed E-state index contributed by atoms with van der Waals surface area (Å²) in [6, 6.07) is 0.263. The second kappa shape index (κ2) is 5.64. The summed E-state index contributed by atoms with van der Waals surface area (Å²) in [6.45, 7) is 6.02. The van der Waals surface area contributed by atoms with E-state index in [-0.39, 0.29) is 24.5 Å². The summed E-state index contributed by atoms with van der Waals surface area (Å²) in [4.78, 5) is 15.9. The fourth-order valence-electron chi connectivity index (χ4n) is 2.29. The number of rotatable bonds is 5. The zero-order valence-corrected chi connectivity index (χ0v) is 10.8. The van der Waals surface area contributed by atoms with E-state index < -0.39 is 0 Å². The second-order valence-corrected chi connectivity index (χ2v) is 5.37. The lowest BCUT2D eigenvalue weighted by molar-refractivity contribution is -0.130. The van der Waals surface area contributed by atoms with E-state index in [4.69, 9.17) is 5.11 Å². The van der Waals surface area contributed by atoms with Gasteiger partial charge in [-0.25, -0.2) is 0 Å². The number of hydrogen-bond donors (Lipinski definition) is 1. The van der Waals surface area contributed by atoms with Gasteiger partial charge in [-0.1, -0.05) is 13.8 Å². The molecule has 94 valence electrons. The molecular formula is C12H24N2O2. The number of carbonyl (C=O) groups excluding carboxylic acids is 1. The summed E-state index contributed by atoms with van der Waals surface area (Å²) >= 11 is 0. The van der Waals surface area contributed by atoms with Gasteiger partial charge >= 0.3 is 0 Å². The molecule has 1 fully saturated rings. The Morgan fingerprint density at radius 1 is 1.50 bits per heavy atom. The van der Waals surface area contributed by atoms with Gasteiger partial charge in [0.15, 0.2) is 0 Å². The van der Waals surface area contributed by atoms with Crippen LogP contribution in [-0.2, 0) is 4.79 Å². The Labute approximate surface area is 98.2 Å². The van der Waals surface area contributed by atoms with Crippen LogP contribution in [0.4, 0.5) is 0 Å². The first kappa shape index (κ1) is 13.5. The maximum Gasteiger partial charge on any atom is 0.223 e. The molecule has 0 saturated carbocycles. The van der Waals surface area contributed by atoms with E-state index >= 15 is 0 Å². The Bertz CT molecular complexity index is 241. The summed E-state index contributed by atoms with van der Waals surface area (Å²) in [5.74, 6) is 0.777. The molecular weight excluding hydrogens is 204 g/mol. The van der Waals surface area contributed by atoms with Crippen molar-refractivity contribution in [1.82, 2.24) is 9.80 Å². The van der Waals surface area contributed by atoms with Gasteiger partial charge in [-0.2, -0.15) is 0 Å². The molecule has 4 heteroatoms. The van der Waals surface area contributed by atoms with Gasteiger partial charge in [-0.15, -0.1) is 0 Å². The van der Waals surface area contributed by atoms with Gasteiger partial charge in [0, 0.05) is 38.1 Å². The maximum absolute atomic E-state index is 11.9. The summed E-state index contributed by atoms with van der Waals surface area (Å²) < 4.78 is 0. The van der Waals surface area contributed by atoms with E-state index in [0.29, 0.717) is 18.9 Å². The van der Waals surface area contributed by atoms with Gasteiger partial charge in [0.05, 0.1) is 0 Å². The number of likely N-dealkylation sites (N-methyl/N-ethyl adjacent to an activating group) is 1. The Balaban J connectivity index is 2.68. The predicted octanol–water partition coefficient (Wildman–Crippen LogP) is 0.413. The van der Waals surface area contributed by atoms with Crippen LogP contribution >= 0.6 is 0 Å². The smallest absolute Gasteiger partial charge is 0.223 e. The summed E-state index contributed by atoms with van der Waals surface area (Å²) in [5, 5.41) is 9.11. The highest BCUT2D eigenvalue weighted by Crippen LogP contribution is 2.23.